The van der Waals surface area contributed by atoms with E-state index in [0.717, 1.165) is 37.0 Å². The van der Waals surface area contributed by atoms with E-state index in [9.17, 15) is 9.90 Å². The van der Waals surface area contributed by atoms with Crippen molar-refractivity contribution < 1.29 is 9.90 Å². The molecule has 5 heteroatoms. The van der Waals surface area contributed by atoms with Crippen molar-refractivity contribution in [2.24, 2.45) is 40.9 Å². The van der Waals surface area contributed by atoms with Gasteiger partial charge in [-0.2, -0.15) is 5.10 Å². The molecule has 0 bridgehead atoms. The fourth-order valence-electron chi connectivity index (χ4n) is 8.31. The molecule has 1 aromatic rings. The second kappa shape index (κ2) is 7.09. The maximum absolute atomic E-state index is 13.2. The van der Waals surface area contributed by atoms with Crippen molar-refractivity contribution in [2.45, 2.75) is 83.8 Å². The van der Waals surface area contributed by atoms with Crippen molar-refractivity contribution in [1.82, 2.24) is 9.78 Å². The van der Waals surface area contributed by atoms with Crippen LogP contribution in [0.4, 0.5) is 0 Å². The molecule has 4 aliphatic carbocycles. The first-order valence-corrected chi connectivity index (χ1v) is 12.1. The molecule has 5 rings (SSSR count). The lowest BCUT2D eigenvalue weighted by Gasteiger charge is -2.56. The maximum Gasteiger partial charge on any atom is 0.157 e. The summed E-state index contributed by atoms with van der Waals surface area (Å²) in [6, 6.07) is 0. The first-order valence-electron chi connectivity index (χ1n) is 11.7. The number of aromatic nitrogens is 2. The van der Waals surface area contributed by atoms with Crippen molar-refractivity contribution >= 4 is 17.4 Å². The van der Waals surface area contributed by atoms with Crippen LogP contribution in [0.2, 0.25) is 5.02 Å². The molecule has 29 heavy (non-hydrogen) atoms. The largest absolute Gasteiger partial charge is 0.390 e. The van der Waals surface area contributed by atoms with Crippen molar-refractivity contribution in [3.05, 3.63) is 17.4 Å². The minimum absolute atomic E-state index is 0.155. The number of nitrogens with zero attached hydrogens (tertiary/aromatic N) is 2. The Labute approximate surface area is 179 Å². The zero-order chi connectivity index (χ0) is 20.4. The Morgan fingerprint density at radius 3 is 2.69 bits per heavy atom. The van der Waals surface area contributed by atoms with Crippen molar-refractivity contribution in [3.8, 4) is 0 Å². The summed E-state index contributed by atoms with van der Waals surface area (Å²) in [6.45, 7) is 4.80. The molecule has 1 N–H and O–H groups in total. The van der Waals surface area contributed by atoms with E-state index in [1.807, 2.05) is 6.92 Å². The van der Waals surface area contributed by atoms with Crippen LogP contribution in [0.1, 0.15) is 71.6 Å². The van der Waals surface area contributed by atoms with Gasteiger partial charge in [0.2, 0.25) is 0 Å². The summed E-state index contributed by atoms with van der Waals surface area (Å²) in [6.07, 6.45) is 13.8. The third-order valence-electron chi connectivity index (χ3n) is 9.55. The summed E-state index contributed by atoms with van der Waals surface area (Å²) in [5.41, 5.74) is -0.292. The Bertz CT molecular complexity index is 790. The van der Waals surface area contributed by atoms with Gasteiger partial charge in [-0.1, -0.05) is 18.5 Å². The Kier molecular flexibility index (Phi) is 4.90. The molecule has 1 aromatic heterocycles. The smallest absolute Gasteiger partial charge is 0.157 e. The number of aliphatic hydroxyl groups is 1. The van der Waals surface area contributed by atoms with Gasteiger partial charge in [-0.05, 0) is 99.7 Å². The van der Waals surface area contributed by atoms with E-state index in [-0.39, 0.29) is 11.3 Å². The van der Waals surface area contributed by atoms with E-state index in [0.29, 0.717) is 29.2 Å². The molecule has 4 aliphatic rings. The van der Waals surface area contributed by atoms with E-state index < -0.39 is 5.60 Å². The standard InChI is InChI=1S/C24H35ClN2O2/c1-23(29)9-7-17-15(11-23)3-4-19-18(17)8-10-24(2)20(19)5-6-21(24)22(28)14-27-13-16(25)12-26-27/h12-13,15,17-21,29H,3-11,14H2,1-2H3/t15-,17+,18-,19-,20+,21-,23-,24+/m1/s1. The molecule has 1 heterocycles. The van der Waals surface area contributed by atoms with Crippen LogP contribution in [0.15, 0.2) is 12.4 Å². The van der Waals surface area contributed by atoms with Gasteiger partial charge in [-0.15, -0.1) is 0 Å². The van der Waals surface area contributed by atoms with Gasteiger partial charge in [0.05, 0.1) is 23.4 Å². The number of fused-ring (bicyclic) bond motifs is 5. The first kappa shape index (κ1) is 20.1. The molecule has 0 radical (unpaired) electrons. The van der Waals surface area contributed by atoms with E-state index >= 15 is 0 Å². The molecule has 4 nitrogen and oxygen atoms in total. The van der Waals surface area contributed by atoms with Crippen LogP contribution in [0.5, 0.6) is 0 Å². The fraction of sp³-hybridized carbons (Fsp3) is 0.833. The van der Waals surface area contributed by atoms with Crippen LogP contribution < -0.4 is 0 Å². The minimum atomic E-state index is -0.447. The van der Waals surface area contributed by atoms with Crippen molar-refractivity contribution in [2.75, 3.05) is 0 Å². The topological polar surface area (TPSA) is 55.1 Å². The molecular weight excluding hydrogens is 384 g/mol. The summed E-state index contributed by atoms with van der Waals surface area (Å²) in [5, 5.41) is 15.4. The van der Waals surface area contributed by atoms with Gasteiger partial charge in [-0.25, -0.2) is 0 Å². The fourth-order valence-corrected chi connectivity index (χ4v) is 8.46. The molecule has 8 atom stereocenters. The zero-order valence-corrected chi connectivity index (χ0v) is 18.6. The van der Waals surface area contributed by atoms with Gasteiger partial charge in [0, 0.05) is 12.1 Å². The van der Waals surface area contributed by atoms with Gasteiger partial charge in [0.1, 0.15) is 0 Å². The van der Waals surface area contributed by atoms with Crippen molar-refractivity contribution in [3.63, 3.8) is 0 Å². The van der Waals surface area contributed by atoms with Crippen LogP contribution in [0.25, 0.3) is 0 Å². The van der Waals surface area contributed by atoms with Gasteiger partial charge in [-0.3, -0.25) is 9.48 Å². The molecule has 0 amide bonds. The molecule has 4 fully saturated rings. The molecule has 4 saturated carbocycles. The summed E-state index contributed by atoms with van der Waals surface area (Å²) in [4.78, 5) is 13.2. The normalized spacial score (nSPS) is 46.6. The highest BCUT2D eigenvalue weighted by atomic mass is 35.5. The van der Waals surface area contributed by atoms with E-state index in [2.05, 4.69) is 12.0 Å². The van der Waals surface area contributed by atoms with Crippen LogP contribution in [0.3, 0.4) is 0 Å². The van der Waals surface area contributed by atoms with Crippen LogP contribution >= 0.6 is 11.6 Å². The predicted molar refractivity (Wildman–Crippen MR) is 113 cm³/mol. The number of halogens is 1. The number of Topliss-reactive ketones (excluding diaryl/α,β-unsaturated/α-hetero) is 1. The van der Waals surface area contributed by atoms with Gasteiger partial charge >= 0.3 is 0 Å². The molecule has 160 valence electrons. The lowest BCUT2D eigenvalue weighted by Crippen LogP contribution is -2.51. The SMILES string of the molecule is C[C@@]1(O)CC[C@H]2[C@H](CC[C@@H]3[C@@H]2CC[C@]2(C)[C@@H](C(=O)Cn4cc(Cl)cn4)CC[C@@H]32)C1. The maximum atomic E-state index is 13.2. The average Bonchev–Trinajstić information content (AvgIpc) is 3.22. The Morgan fingerprint density at radius 2 is 1.93 bits per heavy atom. The lowest BCUT2D eigenvalue weighted by molar-refractivity contribution is -0.133. The molecule has 0 aromatic carbocycles. The van der Waals surface area contributed by atoms with Crippen LogP contribution in [-0.2, 0) is 11.3 Å². The number of ketones is 1. The Hall–Kier alpha value is -0.870. The number of carbonyl (C=O) groups excluding carboxylic acids is 1. The highest BCUT2D eigenvalue weighted by molar-refractivity contribution is 6.30. The third-order valence-corrected chi connectivity index (χ3v) is 9.74. The van der Waals surface area contributed by atoms with Crippen LogP contribution in [0, 0.1) is 40.9 Å². The van der Waals surface area contributed by atoms with Gasteiger partial charge in [0.25, 0.3) is 0 Å². The first-order chi connectivity index (χ1) is 13.8. The predicted octanol–water partition coefficient (Wildman–Crippen LogP) is 5.13. The van der Waals surface area contributed by atoms with Gasteiger partial charge in [0.15, 0.2) is 5.78 Å². The molecule has 0 saturated heterocycles. The molecule has 0 unspecified atom stereocenters. The Balaban J connectivity index is 1.31. The highest BCUT2D eigenvalue weighted by Crippen LogP contribution is 2.64. The summed E-state index contributed by atoms with van der Waals surface area (Å²) < 4.78 is 1.70. The van der Waals surface area contributed by atoms with E-state index in [1.54, 1.807) is 17.1 Å². The number of hydrogen-bond acceptors (Lipinski definition) is 3. The highest BCUT2D eigenvalue weighted by Gasteiger charge is 2.58. The number of rotatable bonds is 3. The second-order valence-electron chi connectivity index (χ2n) is 11.2. The van der Waals surface area contributed by atoms with Gasteiger partial charge < -0.3 is 5.11 Å². The quantitative estimate of drug-likeness (QED) is 0.740. The summed E-state index contributed by atoms with van der Waals surface area (Å²) >= 11 is 5.98. The lowest BCUT2D eigenvalue weighted by atomic mass is 9.49. The third kappa shape index (κ3) is 3.39. The summed E-state index contributed by atoms with van der Waals surface area (Å²) in [7, 11) is 0. The summed E-state index contributed by atoms with van der Waals surface area (Å²) in [5.74, 6) is 4.33. The molecular formula is C24H35ClN2O2. The molecule has 0 spiro atoms. The number of carbonyl (C=O) groups is 1. The average molecular weight is 419 g/mol. The van der Waals surface area contributed by atoms with E-state index in [4.69, 9.17) is 11.6 Å². The monoisotopic (exact) mass is 418 g/mol. The van der Waals surface area contributed by atoms with Crippen LogP contribution in [-0.4, -0.2) is 26.3 Å². The van der Waals surface area contributed by atoms with Crippen molar-refractivity contribution in [1.29, 1.82) is 0 Å². The molecule has 0 aliphatic heterocycles. The zero-order valence-electron chi connectivity index (χ0n) is 17.8. The Morgan fingerprint density at radius 1 is 1.14 bits per heavy atom. The minimum Gasteiger partial charge on any atom is -0.390 e. The van der Waals surface area contributed by atoms with E-state index in [1.165, 1.54) is 38.5 Å². The number of hydrogen-bond donors (Lipinski definition) is 1. The second-order valence-corrected chi connectivity index (χ2v) is 11.6.